The lowest BCUT2D eigenvalue weighted by Crippen LogP contribution is -2.29. The molecule has 1 aromatic carbocycles. The Bertz CT molecular complexity index is 375. The summed E-state index contributed by atoms with van der Waals surface area (Å²) in [6, 6.07) is 8.09. The second-order valence-corrected chi connectivity index (χ2v) is 5.00. The molecule has 0 spiro atoms. The highest BCUT2D eigenvalue weighted by Crippen LogP contribution is 2.28. The van der Waals surface area contributed by atoms with Crippen molar-refractivity contribution in [2.24, 2.45) is 0 Å². The molecule has 2 atom stereocenters. The van der Waals surface area contributed by atoms with Gasteiger partial charge in [-0.05, 0) is 25.3 Å². The normalized spacial score (nSPS) is 20.9. The molecule has 0 radical (unpaired) electrons. The monoisotopic (exact) mass is 249 g/mol. The van der Waals surface area contributed by atoms with Gasteiger partial charge in [-0.3, -0.25) is 0 Å². The Morgan fingerprint density at radius 2 is 2.22 bits per heavy atom. The number of ether oxygens (including phenoxy) is 1. The van der Waals surface area contributed by atoms with Crippen LogP contribution < -0.4 is 4.90 Å². The van der Waals surface area contributed by atoms with Crippen molar-refractivity contribution >= 4 is 5.69 Å². The maximum atomic E-state index is 10.1. The molecule has 0 bridgehead atoms. The zero-order valence-electron chi connectivity index (χ0n) is 11.3. The van der Waals surface area contributed by atoms with E-state index in [4.69, 9.17) is 4.74 Å². The summed E-state index contributed by atoms with van der Waals surface area (Å²) in [6.07, 6.45) is 3.00. The summed E-state index contributed by atoms with van der Waals surface area (Å²) in [5.74, 6) is 0. The number of hydrogen-bond donors (Lipinski definition) is 1. The number of nitrogens with zero attached hydrogens (tertiary/aromatic N) is 1. The highest BCUT2D eigenvalue weighted by molar-refractivity contribution is 5.54. The first-order chi connectivity index (χ1) is 8.72. The minimum Gasteiger partial charge on any atom is -0.388 e. The number of anilines is 1. The topological polar surface area (TPSA) is 32.7 Å². The van der Waals surface area contributed by atoms with E-state index in [1.807, 2.05) is 25.1 Å². The molecule has 0 saturated carbocycles. The maximum Gasteiger partial charge on any atom is 0.0807 e. The fourth-order valence-electron chi connectivity index (χ4n) is 2.53. The molecule has 2 unspecified atom stereocenters. The van der Waals surface area contributed by atoms with E-state index in [1.165, 1.54) is 0 Å². The Kier molecular flexibility index (Phi) is 4.61. The molecule has 1 aliphatic rings. The molecule has 18 heavy (non-hydrogen) atoms. The van der Waals surface area contributed by atoms with E-state index in [9.17, 15) is 5.11 Å². The van der Waals surface area contributed by atoms with Gasteiger partial charge in [0.25, 0.3) is 0 Å². The standard InChI is InChI=1S/C15H23NO2/c1-3-15(17)13-8-4-5-9-14(13)16(2)11-12-7-6-10-18-12/h4-5,8-9,12,15,17H,3,6-7,10-11H2,1-2H3. The third kappa shape index (κ3) is 3.03. The van der Waals surface area contributed by atoms with Gasteiger partial charge in [-0.15, -0.1) is 0 Å². The predicted octanol–water partition coefficient (Wildman–Crippen LogP) is 2.75. The summed E-state index contributed by atoms with van der Waals surface area (Å²) in [6.45, 7) is 3.78. The minimum absolute atomic E-state index is 0.335. The number of likely N-dealkylation sites (N-methyl/N-ethyl adjacent to an activating group) is 1. The predicted molar refractivity (Wildman–Crippen MR) is 73.9 cm³/mol. The van der Waals surface area contributed by atoms with Crippen molar-refractivity contribution in [3.63, 3.8) is 0 Å². The summed E-state index contributed by atoms with van der Waals surface area (Å²) in [4.78, 5) is 2.20. The fourth-order valence-corrected chi connectivity index (χ4v) is 2.53. The summed E-state index contributed by atoms with van der Waals surface area (Å²) in [5.41, 5.74) is 2.13. The summed E-state index contributed by atoms with van der Waals surface area (Å²) < 4.78 is 5.67. The van der Waals surface area contributed by atoms with Crippen LogP contribution in [0.2, 0.25) is 0 Å². The Morgan fingerprint density at radius 3 is 2.89 bits per heavy atom. The first-order valence-electron chi connectivity index (χ1n) is 6.82. The van der Waals surface area contributed by atoms with E-state index in [2.05, 4.69) is 18.0 Å². The van der Waals surface area contributed by atoms with Gasteiger partial charge in [-0.25, -0.2) is 0 Å². The van der Waals surface area contributed by atoms with Crippen LogP contribution in [0.3, 0.4) is 0 Å². The first kappa shape index (κ1) is 13.4. The summed E-state index contributed by atoms with van der Waals surface area (Å²) >= 11 is 0. The van der Waals surface area contributed by atoms with Gasteiger partial charge in [-0.2, -0.15) is 0 Å². The van der Waals surface area contributed by atoms with Crippen LogP contribution in [-0.4, -0.2) is 31.4 Å². The highest BCUT2D eigenvalue weighted by Gasteiger charge is 2.19. The molecular weight excluding hydrogens is 226 g/mol. The van der Waals surface area contributed by atoms with Crippen molar-refractivity contribution in [1.29, 1.82) is 0 Å². The van der Waals surface area contributed by atoms with Gasteiger partial charge in [-0.1, -0.05) is 25.1 Å². The van der Waals surface area contributed by atoms with Crippen molar-refractivity contribution in [3.8, 4) is 0 Å². The minimum atomic E-state index is -0.381. The maximum absolute atomic E-state index is 10.1. The van der Waals surface area contributed by atoms with Crippen LogP contribution in [0.5, 0.6) is 0 Å². The van der Waals surface area contributed by atoms with Gasteiger partial charge < -0.3 is 14.7 Å². The SMILES string of the molecule is CCC(O)c1ccccc1N(C)CC1CCCO1. The van der Waals surface area contributed by atoms with Gasteiger partial charge in [0.05, 0.1) is 12.2 Å². The molecule has 3 heteroatoms. The van der Waals surface area contributed by atoms with E-state index >= 15 is 0 Å². The molecule has 0 amide bonds. The number of rotatable bonds is 5. The lowest BCUT2D eigenvalue weighted by atomic mass is 10.0. The number of aliphatic hydroxyl groups excluding tert-OH is 1. The highest BCUT2D eigenvalue weighted by atomic mass is 16.5. The van der Waals surface area contributed by atoms with Gasteiger partial charge in [0, 0.05) is 31.5 Å². The van der Waals surface area contributed by atoms with E-state index in [0.717, 1.165) is 43.7 Å². The number of aliphatic hydroxyl groups is 1. The van der Waals surface area contributed by atoms with E-state index < -0.39 is 0 Å². The summed E-state index contributed by atoms with van der Waals surface area (Å²) in [7, 11) is 2.07. The van der Waals surface area contributed by atoms with Gasteiger partial charge in [0.15, 0.2) is 0 Å². The van der Waals surface area contributed by atoms with E-state index in [-0.39, 0.29) is 6.10 Å². The van der Waals surface area contributed by atoms with Crippen molar-refractivity contribution in [2.75, 3.05) is 25.1 Å². The van der Waals surface area contributed by atoms with Gasteiger partial charge >= 0.3 is 0 Å². The molecule has 0 aromatic heterocycles. The van der Waals surface area contributed by atoms with E-state index in [0.29, 0.717) is 6.10 Å². The van der Waals surface area contributed by atoms with Crippen molar-refractivity contribution in [1.82, 2.24) is 0 Å². The Labute approximate surface area is 109 Å². The molecule has 1 fully saturated rings. The van der Waals surface area contributed by atoms with Crippen molar-refractivity contribution in [2.45, 2.75) is 38.4 Å². The number of para-hydroxylation sites is 1. The second kappa shape index (κ2) is 6.21. The Morgan fingerprint density at radius 1 is 1.44 bits per heavy atom. The average Bonchev–Trinajstić information content (AvgIpc) is 2.90. The Balaban J connectivity index is 2.10. The lowest BCUT2D eigenvalue weighted by Gasteiger charge is -2.26. The van der Waals surface area contributed by atoms with Gasteiger partial charge in [0.2, 0.25) is 0 Å². The first-order valence-corrected chi connectivity index (χ1v) is 6.82. The van der Waals surface area contributed by atoms with Crippen LogP contribution >= 0.6 is 0 Å². The van der Waals surface area contributed by atoms with Crippen LogP contribution in [0.4, 0.5) is 5.69 Å². The molecule has 0 aliphatic carbocycles. The second-order valence-electron chi connectivity index (χ2n) is 5.00. The molecular formula is C15H23NO2. The molecule has 100 valence electrons. The van der Waals surface area contributed by atoms with Crippen LogP contribution in [-0.2, 0) is 4.74 Å². The van der Waals surface area contributed by atoms with Crippen LogP contribution in [0, 0.1) is 0 Å². The third-order valence-corrected chi connectivity index (χ3v) is 3.60. The summed E-state index contributed by atoms with van der Waals surface area (Å²) in [5, 5.41) is 10.1. The van der Waals surface area contributed by atoms with Crippen LogP contribution in [0.25, 0.3) is 0 Å². The van der Waals surface area contributed by atoms with Crippen molar-refractivity contribution < 1.29 is 9.84 Å². The zero-order valence-corrected chi connectivity index (χ0v) is 11.3. The smallest absolute Gasteiger partial charge is 0.0807 e. The molecule has 1 aromatic rings. The Hall–Kier alpha value is -1.06. The van der Waals surface area contributed by atoms with Crippen LogP contribution in [0.1, 0.15) is 37.9 Å². The molecule has 1 N–H and O–H groups in total. The fraction of sp³-hybridized carbons (Fsp3) is 0.600. The van der Waals surface area contributed by atoms with E-state index in [1.54, 1.807) is 0 Å². The van der Waals surface area contributed by atoms with Crippen LogP contribution in [0.15, 0.2) is 24.3 Å². The number of hydrogen-bond acceptors (Lipinski definition) is 3. The lowest BCUT2D eigenvalue weighted by molar-refractivity contribution is 0.116. The van der Waals surface area contributed by atoms with Crippen molar-refractivity contribution in [3.05, 3.63) is 29.8 Å². The molecule has 1 aliphatic heterocycles. The molecule has 2 rings (SSSR count). The van der Waals surface area contributed by atoms with Gasteiger partial charge in [0.1, 0.15) is 0 Å². The third-order valence-electron chi connectivity index (χ3n) is 3.60. The average molecular weight is 249 g/mol. The molecule has 3 nitrogen and oxygen atoms in total. The number of benzene rings is 1. The molecule has 1 heterocycles. The zero-order chi connectivity index (χ0) is 13.0. The largest absolute Gasteiger partial charge is 0.388 e. The molecule has 1 saturated heterocycles. The quantitative estimate of drug-likeness (QED) is 0.871.